The van der Waals surface area contributed by atoms with Crippen molar-refractivity contribution in [1.29, 1.82) is 0 Å². The van der Waals surface area contributed by atoms with E-state index in [1.807, 2.05) is 6.92 Å². The molecule has 0 aromatic rings. The van der Waals surface area contributed by atoms with Crippen LogP contribution in [0.1, 0.15) is 6.92 Å². The highest BCUT2D eigenvalue weighted by atomic mass is 16.4. The molecule has 106 valence electrons. The second-order valence-corrected chi connectivity index (χ2v) is 4.66. The Morgan fingerprint density at radius 2 is 2.11 bits per heavy atom. The summed E-state index contributed by atoms with van der Waals surface area (Å²) in [4.78, 5) is 35.5. The van der Waals surface area contributed by atoms with E-state index in [4.69, 9.17) is 5.11 Å². The zero-order valence-electron chi connectivity index (χ0n) is 10.9. The molecule has 0 unspecified atom stereocenters. The van der Waals surface area contributed by atoms with Crippen molar-refractivity contribution in [1.82, 2.24) is 15.5 Å². The largest absolute Gasteiger partial charge is 0.481 e. The highest BCUT2D eigenvalue weighted by Crippen LogP contribution is 2.22. The van der Waals surface area contributed by atoms with E-state index in [1.54, 1.807) is 4.90 Å². The first-order chi connectivity index (χ1) is 8.93. The van der Waals surface area contributed by atoms with Gasteiger partial charge in [0.25, 0.3) is 0 Å². The molecule has 1 rings (SSSR count). The van der Waals surface area contributed by atoms with E-state index in [1.165, 1.54) is 6.08 Å². The molecule has 0 aromatic carbocycles. The first kappa shape index (κ1) is 15.2. The molecular weight excluding hydrogens is 250 g/mol. The number of carboxylic acids is 1. The van der Waals surface area contributed by atoms with Gasteiger partial charge in [0.2, 0.25) is 5.91 Å². The molecule has 1 aliphatic heterocycles. The van der Waals surface area contributed by atoms with Crippen molar-refractivity contribution in [2.45, 2.75) is 6.92 Å². The van der Waals surface area contributed by atoms with E-state index < -0.39 is 23.8 Å². The minimum atomic E-state index is -0.848. The number of aliphatic carboxylic acids is 1. The lowest BCUT2D eigenvalue weighted by atomic mass is 9.99. The summed E-state index contributed by atoms with van der Waals surface area (Å²) in [7, 11) is 0. The molecule has 0 saturated carbocycles. The Kier molecular flexibility index (Phi) is 5.50. The van der Waals surface area contributed by atoms with Crippen LogP contribution in [0.4, 0.5) is 4.79 Å². The summed E-state index contributed by atoms with van der Waals surface area (Å²) < 4.78 is 0. The van der Waals surface area contributed by atoms with Crippen LogP contribution in [0.15, 0.2) is 12.7 Å². The van der Waals surface area contributed by atoms with Crippen LogP contribution >= 0.6 is 0 Å². The maximum atomic E-state index is 11.6. The molecule has 0 spiro atoms. The van der Waals surface area contributed by atoms with Gasteiger partial charge >= 0.3 is 12.0 Å². The van der Waals surface area contributed by atoms with Crippen LogP contribution in [-0.2, 0) is 9.59 Å². The first-order valence-corrected chi connectivity index (χ1v) is 6.07. The molecule has 0 radical (unpaired) electrons. The Morgan fingerprint density at radius 1 is 1.42 bits per heavy atom. The fourth-order valence-electron chi connectivity index (χ4n) is 2.10. The minimum absolute atomic E-state index is 0.0000997. The summed E-state index contributed by atoms with van der Waals surface area (Å²) in [5.74, 6) is -1.75. The summed E-state index contributed by atoms with van der Waals surface area (Å²) in [6.07, 6.45) is 1.50. The number of imide groups is 1. The third-order valence-electron chi connectivity index (χ3n) is 3.03. The Balaban J connectivity index is 2.36. The molecular formula is C12H19N3O4. The maximum absolute atomic E-state index is 11.6. The zero-order chi connectivity index (χ0) is 14.4. The van der Waals surface area contributed by atoms with Crippen molar-refractivity contribution in [2.24, 2.45) is 11.8 Å². The van der Waals surface area contributed by atoms with E-state index in [-0.39, 0.29) is 19.0 Å². The molecule has 1 aliphatic rings. The number of carbonyl (C=O) groups excluding carboxylic acids is 2. The van der Waals surface area contributed by atoms with Crippen molar-refractivity contribution < 1.29 is 19.5 Å². The van der Waals surface area contributed by atoms with Gasteiger partial charge in [-0.15, -0.1) is 6.58 Å². The average Bonchev–Trinajstić information content (AvgIpc) is 2.67. The number of hydrogen-bond donors (Lipinski definition) is 3. The summed E-state index contributed by atoms with van der Waals surface area (Å²) >= 11 is 0. The summed E-state index contributed by atoms with van der Waals surface area (Å²) in [6.45, 7) is 6.45. The third-order valence-corrected chi connectivity index (χ3v) is 3.03. The quantitative estimate of drug-likeness (QED) is 0.593. The van der Waals surface area contributed by atoms with Crippen LogP contribution in [0.2, 0.25) is 0 Å². The van der Waals surface area contributed by atoms with Gasteiger partial charge < -0.3 is 10.4 Å². The number of carboxylic acid groups (broad SMARTS) is 1. The maximum Gasteiger partial charge on any atom is 0.321 e. The fourth-order valence-corrected chi connectivity index (χ4v) is 2.10. The van der Waals surface area contributed by atoms with Crippen molar-refractivity contribution >= 4 is 17.9 Å². The van der Waals surface area contributed by atoms with E-state index >= 15 is 0 Å². The second kappa shape index (κ2) is 6.89. The van der Waals surface area contributed by atoms with E-state index in [0.29, 0.717) is 13.1 Å². The van der Waals surface area contributed by atoms with Crippen LogP contribution in [0.25, 0.3) is 0 Å². The molecule has 2 atom stereocenters. The monoisotopic (exact) mass is 269 g/mol. The number of amides is 3. The molecule has 1 fully saturated rings. The SMILES string of the molecule is C=CCNC(=O)NC(=O)CN1C[C@@H](C)[C@H](C(=O)O)C1. The topological polar surface area (TPSA) is 98.7 Å². The van der Waals surface area contributed by atoms with Gasteiger partial charge in [-0.2, -0.15) is 0 Å². The molecule has 3 amide bonds. The molecule has 7 heteroatoms. The highest BCUT2D eigenvalue weighted by molar-refractivity contribution is 5.95. The number of rotatable bonds is 5. The number of hydrogen-bond acceptors (Lipinski definition) is 4. The van der Waals surface area contributed by atoms with Crippen LogP contribution in [-0.4, -0.2) is 54.1 Å². The Morgan fingerprint density at radius 3 is 2.63 bits per heavy atom. The van der Waals surface area contributed by atoms with Crippen LogP contribution < -0.4 is 10.6 Å². The van der Waals surface area contributed by atoms with Gasteiger partial charge in [-0.25, -0.2) is 4.79 Å². The molecule has 1 saturated heterocycles. The zero-order valence-corrected chi connectivity index (χ0v) is 10.9. The lowest BCUT2D eigenvalue weighted by molar-refractivity contribution is -0.142. The molecule has 7 nitrogen and oxygen atoms in total. The molecule has 0 aromatic heterocycles. The van der Waals surface area contributed by atoms with Crippen molar-refractivity contribution in [3.8, 4) is 0 Å². The first-order valence-electron chi connectivity index (χ1n) is 6.07. The van der Waals surface area contributed by atoms with Gasteiger partial charge in [-0.05, 0) is 5.92 Å². The number of likely N-dealkylation sites (tertiary alicyclic amines) is 1. The average molecular weight is 269 g/mol. The van der Waals surface area contributed by atoms with E-state index in [9.17, 15) is 14.4 Å². The van der Waals surface area contributed by atoms with E-state index in [2.05, 4.69) is 17.2 Å². The summed E-state index contributed by atoms with van der Waals surface area (Å²) in [5, 5.41) is 13.6. The van der Waals surface area contributed by atoms with Crippen molar-refractivity contribution in [3.05, 3.63) is 12.7 Å². The number of nitrogens with zero attached hydrogens (tertiary/aromatic N) is 1. The van der Waals surface area contributed by atoms with Gasteiger partial charge in [0.15, 0.2) is 0 Å². The standard InChI is InChI=1S/C12H19N3O4/c1-3-4-13-12(19)14-10(16)7-15-5-8(2)9(6-15)11(17)18/h3,8-9H,1,4-7H2,2H3,(H,17,18)(H2,13,14,16,19)/t8-,9-/m1/s1. The molecule has 1 heterocycles. The summed E-state index contributed by atoms with van der Waals surface area (Å²) in [5.41, 5.74) is 0. The lowest BCUT2D eigenvalue weighted by Gasteiger charge is -2.14. The third kappa shape index (κ3) is 4.70. The van der Waals surface area contributed by atoms with Gasteiger partial charge in [0, 0.05) is 19.6 Å². The van der Waals surface area contributed by atoms with Crippen LogP contribution in [0, 0.1) is 11.8 Å². The van der Waals surface area contributed by atoms with Crippen LogP contribution in [0.5, 0.6) is 0 Å². The van der Waals surface area contributed by atoms with Gasteiger partial charge in [-0.1, -0.05) is 13.0 Å². The van der Waals surface area contributed by atoms with Gasteiger partial charge in [-0.3, -0.25) is 19.8 Å². The molecule has 0 bridgehead atoms. The van der Waals surface area contributed by atoms with Crippen LogP contribution in [0.3, 0.4) is 0 Å². The predicted molar refractivity (Wildman–Crippen MR) is 68.5 cm³/mol. The van der Waals surface area contributed by atoms with E-state index in [0.717, 1.165) is 0 Å². The van der Waals surface area contributed by atoms with Crippen molar-refractivity contribution in [2.75, 3.05) is 26.2 Å². The number of urea groups is 1. The molecule has 3 N–H and O–H groups in total. The second-order valence-electron chi connectivity index (χ2n) is 4.66. The number of carbonyl (C=O) groups is 3. The fraction of sp³-hybridized carbons (Fsp3) is 0.583. The van der Waals surface area contributed by atoms with Gasteiger partial charge in [0.05, 0.1) is 12.5 Å². The Bertz CT molecular complexity index is 383. The Hall–Kier alpha value is -1.89. The van der Waals surface area contributed by atoms with Crippen molar-refractivity contribution in [3.63, 3.8) is 0 Å². The lowest BCUT2D eigenvalue weighted by Crippen LogP contribution is -2.44. The molecule has 0 aliphatic carbocycles. The highest BCUT2D eigenvalue weighted by Gasteiger charge is 2.35. The smallest absolute Gasteiger partial charge is 0.321 e. The summed E-state index contributed by atoms with van der Waals surface area (Å²) in [6, 6.07) is -0.577. The predicted octanol–water partition coefficient (Wildman–Crippen LogP) is -0.349. The number of nitrogens with one attached hydrogen (secondary N) is 2. The van der Waals surface area contributed by atoms with Gasteiger partial charge in [0.1, 0.15) is 0 Å². The molecule has 19 heavy (non-hydrogen) atoms. The Labute approximate surface area is 111 Å². The minimum Gasteiger partial charge on any atom is -0.481 e. The normalized spacial score (nSPS) is 22.8.